The molecular formula is C20H18N4O4. The molecule has 4 rings (SSSR count). The maximum absolute atomic E-state index is 12.2. The van der Waals surface area contributed by atoms with E-state index in [0.717, 1.165) is 16.7 Å². The van der Waals surface area contributed by atoms with Crippen LogP contribution in [-0.4, -0.2) is 32.4 Å². The van der Waals surface area contributed by atoms with Crippen LogP contribution in [0.25, 0.3) is 27.8 Å². The molecule has 1 aromatic carbocycles. The summed E-state index contributed by atoms with van der Waals surface area (Å²) in [7, 11) is 2.91. The molecule has 0 atom stereocenters. The van der Waals surface area contributed by atoms with Gasteiger partial charge in [0.1, 0.15) is 11.6 Å². The lowest BCUT2D eigenvalue weighted by molar-refractivity contribution is 0.0595. The van der Waals surface area contributed by atoms with Crippen LogP contribution < -0.4 is 5.56 Å². The van der Waals surface area contributed by atoms with Crippen molar-refractivity contribution in [1.82, 2.24) is 19.3 Å². The van der Waals surface area contributed by atoms with Gasteiger partial charge in [0, 0.05) is 18.8 Å². The third kappa shape index (κ3) is 2.79. The first-order valence-corrected chi connectivity index (χ1v) is 8.62. The van der Waals surface area contributed by atoms with E-state index in [2.05, 4.69) is 10.1 Å². The minimum atomic E-state index is -0.512. The Morgan fingerprint density at radius 3 is 2.39 bits per heavy atom. The second kappa shape index (κ2) is 6.49. The fourth-order valence-electron chi connectivity index (χ4n) is 3.27. The Morgan fingerprint density at radius 1 is 1.11 bits per heavy atom. The fraction of sp³-hybridized carbons (Fsp3) is 0.200. The number of aryl methyl sites for hydroxylation is 3. The third-order valence-electron chi connectivity index (χ3n) is 4.58. The smallest absolute Gasteiger partial charge is 0.358 e. The van der Waals surface area contributed by atoms with E-state index in [1.54, 1.807) is 25.4 Å². The van der Waals surface area contributed by atoms with Gasteiger partial charge in [0.15, 0.2) is 5.69 Å². The number of carbonyl (C=O) groups excluding carboxylic acids is 1. The van der Waals surface area contributed by atoms with E-state index in [1.165, 1.54) is 11.8 Å². The van der Waals surface area contributed by atoms with Crippen molar-refractivity contribution in [3.63, 3.8) is 0 Å². The van der Waals surface area contributed by atoms with E-state index in [0.29, 0.717) is 22.7 Å². The van der Waals surface area contributed by atoms with Gasteiger partial charge in [-0.3, -0.25) is 4.79 Å². The van der Waals surface area contributed by atoms with Gasteiger partial charge in [-0.05, 0) is 31.0 Å². The molecule has 0 amide bonds. The van der Waals surface area contributed by atoms with Crippen LogP contribution in [0.15, 0.2) is 45.8 Å². The topological polar surface area (TPSA) is 91.6 Å². The molecule has 4 aromatic rings. The standard InChI is InChI=1S/C20H18N4O4/c1-11-17(19(25)23(3)28-11)14-7-5-13(6-8-14)15-9-16-18(20(26)27-4)21-12(2)22-24(16)10-15/h5-10H,1-4H3. The van der Waals surface area contributed by atoms with Crippen LogP contribution in [0.1, 0.15) is 22.1 Å². The number of benzene rings is 1. The SMILES string of the molecule is COC(=O)c1nc(C)nn2cc(-c3ccc(-c4c(C)on(C)c4=O)cc3)cc12. The van der Waals surface area contributed by atoms with E-state index in [1.807, 2.05) is 36.5 Å². The highest BCUT2D eigenvalue weighted by molar-refractivity contribution is 5.95. The van der Waals surface area contributed by atoms with Gasteiger partial charge in [0.05, 0.1) is 18.2 Å². The van der Waals surface area contributed by atoms with Crippen LogP contribution in [0.2, 0.25) is 0 Å². The van der Waals surface area contributed by atoms with Crippen molar-refractivity contribution in [2.45, 2.75) is 13.8 Å². The fourth-order valence-corrected chi connectivity index (χ4v) is 3.27. The average Bonchev–Trinajstić information content (AvgIpc) is 3.21. The molecule has 0 N–H and O–H groups in total. The third-order valence-corrected chi connectivity index (χ3v) is 4.58. The van der Waals surface area contributed by atoms with Crippen LogP contribution >= 0.6 is 0 Å². The van der Waals surface area contributed by atoms with Gasteiger partial charge >= 0.3 is 5.97 Å². The number of rotatable bonds is 3. The summed E-state index contributed by atoms with van der Waals surface area (Å²) in [6.45, 7) is 3.48. The Kier molecular flexibility index (Phi) is 4.11. The zero-order valence-electron chi connectivity index (χ0n) is 15.9. The van der Waals surface area contributed by atoms with Gasteiger partial charge in [-0.25, -0.2) is 14.3 Å². The lowest BCUT2D eigenvalue weighted by Gasteiger charge is -2.02. The molecule has 8 heteroatoms. The molecule has 3 aromatic heterocycles. The second-order valence-corrected chi connectivity index (χ2v) is 6.46. The first-order valence-electron chi connectivity index (χ1n) is 8.62. The summed E-state index contributed by atoms with van der Waals surface area (Å²) >= 11 is 0. The molecule has 8 nitrogen and oxygen atoms in total. The maximum atomic E-state index is 12.2. The molecule has 0 fully saturated rings. The lowest BCUT2D eigenvalue weighted by Crippen LogP contribution is -2.11. The Morgan fingerprint density at radius 2 is 1.79 bits per heavy atom. The van der Waals surface area contributed by atoms with Gasteiger partial charge in [-0.2, -0.15) is 9.84 Å². The van der Waals surface area contributed by atoms with Crippen molar-refractivity contribution in [1.29, 1.82) is 0 Å². The van der Waals surface area contributed by atoms with Gasteiger partial charge in [0.2, 0.25) is 0 Å². The molecule has 0 aliphatic rings. The predicted molar refractivity (Wildman–Crippen MR) is 102 cm³/mol. The Balaban J connectivity index is 1.79. The predicted octanol–water partition coefficient (Wildman–Crippen LogP) is 2.76. The van der Waals surface area contributed by atoms with Crippen LogP contribution in [0, 0.1) is 13.8 Å². The van der Waals surface area contributed by atoms with E-state index < -0.39 is 5.97 Å². The summed E-state index contributed by atoms with van der Waals surface area (Å²) in [5, 5.41) is 4.33. The van der Waals surface area contributed by atoms with Gasteiger partial charge in [-0.1, -0.05) is 24.3 Å². The molecule has 3 heterocycles. The molecule has 0 spiro atoms. The summed E-state index contributed by atoms with van der Waals surface area (Å²) in [4.78, 5) is 28.5. The van der Waals surface area contributed by atoms with E-state index >= 15 is 0 Å². The van der Waals surface area contributed by atoms with Gasteiger partial charge < -0.3 is 9.26 Å². The molecule has 0 saturated heterocycles. The van der Waals surface area contributed by atoms with Crippen molar-refractivity contribution in [2.75, 3.05) is 7.11 Å². The highest BCUT2D eigenvalue weighted by Gasteiger charge is 2.17. The summed E-state index contributed by atoms with van der Waals surface area (Å²) in [5.74, 6) is 0.529. The molecule has 0 aliphatic heterocycles. The molecule has 0 radical (unpaired) electrons. The van der Waals surface area contributed by atoms with Gasteiger partial charge in [0.25, 0.3) is 5.56 Å². The molecule has 28 heavy (non-hydrogen) atoms. The van der Waals surface area contributed by atoms with Crippen LogP contribution in [0.5, 0.6) is 0 Å². The second-order valence-electron chi connectivity index (χ2n) is 6.46. The highest BCUT2D eigenvalue weighted by atomic mass is 16.5. The number of carbonyl (C=O) groups is 1. The Labute approximate surface area is 160 Å². The molecule has 142 valence electrons. The molecule has 0 unspecified atom stereocenters. The van der Waals surface area contributed by atoms with Crippen molar-refractivity contribution in [2.24, 2.45) is 7.05 Å². The first kappa shape index (κ1) is 17.7. The maximum Gasteiger partial charge on any atom is 0.358 e. The lowest BCUT2D eigenvalue weighted by atomic mass is 10.0. The Bertz CT molecular complexity index is 1260. The molecule has 0 bridgehead atoms. The van der Waals surface area contributed by atoms with Gasteiger partial charge in [-0.15, -0.1) is 0 Å². The molecular weight excluding hydrogens is 360 g/mol. The highest BCUT2D eigenvalue weighted by Crippen LogP contribution is 2.27. The van der Waals surface area contributed by atoms with Crippen LogP contribution in [-0.2, 0) is 11.8 Å². The minimum absolute atomic E-state index is 0.173. The number of hydrogen-bond donors (Lipinski definition) is 0. The summed E-state index contributed by atoms with van der Waals surface area (Å²) in [6.07, 6.45) is 1.83. The average molecular weight is 378 g/mol. The summed E-state index contributed by atoms with van der Waals surface area (Å²) < 4.78 is 13.0. The zero-order valence-corrected chi connectivity index (χ0v) is 15.9. The summed E-state index contributed by atoms with van der Waals surface area (Å²) in [6, 6.07) is 9.40. The van der Waals surface area contributed by atoms with E-state index in [9.17, 15) is 9.59 Å². The van der Waals surface area contributed by atoms with Crippen LogP contribution in [0.3, 0.4) is 0 Å². The monoisotopic (exact) mass is 378 g/mol. The number of ether oxygens (including phenoxy) is 1. The zero-order chi connectivity index (χ0) is 20.0. The van der Waals surface area contributed by atoms with Crippen molar-refractivity contribution in [3.05, 3.63) is 64.2 Å². The number of methoxy groups -OCH3 is 1. The molecule has 0 saturated carbocycles. The first-order chi connectivity index (χ1) is 13.4. The normalized spacial score (nSPS) is 11.1. The van der Waals surface area contributed by atoms with Crippen molar-refractivity contribution in [3.8, 4) is 22.3 Å². The quantitative estimate of drug-likeness (QED) is 0.509. The number of nitrogens with zero attached hydrogens (tertiary/aromatic N) is 4. The number of fused-ring (bicyclic) bond motifs is 1. The van der Waals surface area contributed by atoms with Crippen LogP contribution in [0.4, 0.5) is 0 Å². The van der Waals surface area contributed by atoms with Crippen molar-refractivity contribution >= 4 is 11.5 Å². The molecule has 0 aliphatic carbocycles. The Hall–Kier alpha value is -3.68. The minimum Gasteiger partial charge on any atom is -0.464 e. The van der Waals surface area contributed by atoms with Crippen molar-refractivity contribution < 1.29 is 14.1 Å². The number of aromatic nitrogens is 4. The number of hydrogen-bond acceptors (Lipinski definition) is 6. The summed E-state index contributed by atoms with van der Waals surface area (Å²) in [5.41, 5.74) is 3.73. The number of esters is 1. The van der Waals surface area contributed by atoms with E-state index in [-0.39, 0.29) is 11.3 Å². The van der Waals surface area contributed by atoms with E-state index in [4.69, 9.17) is 9.26 Å². The largest absolute Gasteiger partial charge is 0.464 e.